The number of aromatic amines is 1. The van der Waals surface area contributed by atoms with E-state index in [1.165, 1.54) is 25.9 Å². The van der Waals surface area contributed by atoms with Gasteiger partial charge in [-0.2, -0.15) is 10.2 Å². The van der Waals surface area contributed by atoms with Gasteiger partial charge in [-0.05, 0) is 57.0 Å². The van der Waals surface area contributed by atoms with Crippen LogP contribution in [0.2, 0.25) is 0 Å². The number of rotatable bonds is 5. The van der Waals surface area contributed by atoms with Crippen LogP contribution in [0, 0.1) is 0 Å². The third-order valence-electron chi connectivity index (χ3n) is 8.48. The second-order valence-corrected chi connectivity index (χ2v) is 10.9. The number of nitrogen functional groups attached to an aromatic ring is 1. The molecule has 7 rings (SSSR count). The largest absolute Gasteiger partial charge is 0.383 e. The number of piperazine rings is 1. The Morgan fingerprint density at radius 2 is 1.64 bits per heavy atom. The quantitative estimate of drug-likeness (QED) is 0.310. The van der Waals surface area contributed by atoms with E-state index in [1.54, 1.807) is 6.33 Å². The van der Waals surface area contributed by atoms with Crippen molar-refractivity contribution in [3.63, 3.8) is 0 Å². The van der Waals surface area contributed by atoms with Crippen molar-refractivity contribution in [3.05, 3.63) is 54.9 Å². The molecular formula is C29H34N10. The van der Waals surface area contributed by atoms with Crippen molar-refractivity contribution in [2.24, 2.45) is 0 Å². The van der Waals surface area contributed by atoms with Gasteiger partial charge in [0.05, 0.1) is 16.9 Å². The first-order valence-corrected chi connectivity index (χ1v) is 13.9. The number of likely N-dealkylation sites (N-methyl/N-ethyl adjacent to an activating group) is 1. The van der Waals surface area contributed by atoms with Gasteiger partial charge in [0.15, 0.2) is 11.5 Å². The molecule has 1 aliphatic carbocycles. The number of H-pyrrole nitrogens is 1. The third-order valence-corrected chi connectivity index (χ3v) is 8.48. The number of aromatic nitrogens is 6. The highest BCUT2D eigenvalue weighted by Gasteiger charge is 2.30. The van der Waals surface area contributed by atoms with Crippen molar-refractivity contribution in [2.75, 3.05) is 44.3 Å². The summed E-state index contributed by atoms with van der Waals surface area (Å²) in [5.74, 6) is 1.27. The zero-order chi connectivity index (χ0) is 26.3. The fraction of sp³-hybridized carbons (Fsp3) is 0.379. The average molecular weight is 523 g/mol. The standard InChI is InChI=1S/C29H34N10/c1-37-14-16-38(17-15-37)21-10-12-22(13-11-21)39-29-25(27(30)31-18-32-29)26(36-39)19-6-8-20(9-7-19)33-28-23-4-2-3-5-24(23)34-35-28/h2-9,18,21-22H,10-17H2,1H3,(H2,30,31,32)(H2,33,34,35)/t21-,22-. The summed E-state index contributed by atoms with van der Waals surface area (Å²) in [6, 6.07) is 17.3. The van der Waals surface area contributed by atoms with Crippen molar-refractivity contribution in [1.29, 1.82) is 0 Å². The Labute approximate surface area is 227 Å². The van der Waals surface area contributed by atoms with Gasteiger partial charge in [0.1, 0.15) is 17.8 Å². The van der Waals surface area contributed by atoms with Crippen LogP contribution in [0.15, 0.2) is 54.9 Å². The number of nitrogens with zero attached hydrogens (tertiary/aromatic N) is 7. The second-order valence-electron chi connectivity index (χ2n) is 10.9. The molecule has 0 bridgehead atoms. The molecule has 1 saturated heterocycles. The van der Waals surface area contributed by atoms with Crippen LogP contribution >= 0.6 is 0 Å². The summed E-state index contributed by atoms with van der Waals surface area (Å²) < 4.78 is 2.12. The summed E-state index contributed by atoms with van der Waals surface area (Å²) in [5, 5.41) is 17.9. The molecular weight excluding hydrogens is 488 g/mol. The van der Waals surface area contributed by atoms with Gasteiger partial charge in [-0.1, -0.05) is 24.3 Å². The van der Waals surface area contributed by atoms with Gasteiger partial charge in [0.2, 0.25) is 0 Å². The van der Waals surface area contributed by atoms with Gasteiger partial charge in [-0.15, -0.1) is 0 Å². The van der Waals surface area contributed by atoms with E-state index in [0.29, 0.717) is 17.9 Å². The van der Waals surface area contributed by atoms with Crippen molar-refractivity contribution in [3.8, 4) is 11.3 Å². The zero-order valence-corrected chi connectivity index (χ0v) is 22.2. The van der Waals surface area contributed by atoms with Crippen molar-refractivity contribution in [2.45, 2.75) is 37.8 Å². The summed E-state index contributed by atoms with van der Waals surface area (Å²) in [7, 11) is 2.22. The number of fused-ring (bicyclic) bond motifs is 2. The van der Waals surface area contributed by atoms with E-state index in [2.05, 4.69) is 65.2 Å². The number of nitrogens with one attached hydrogen (secondary N) is 2. The molecule has 3 aromatic heterocycles. The molecule has 0 amide bonds. The Morgan fingerprint density at radius 1 is 0.897 bits per heavy atom. The third kappa shape index (κ3) is 4.49. The van der Waals surface area contributed by atoms with Crippen LogP contribution in [0.25, 0.3) is 33.2 Å². The summed E-state index contributed by atoms with van der Waals surface area (Å²) in [5.41, 5.74) is 11.0. The molecule has 4 heterocycles. The monoisotopic (exact) mass is 522 g/mol. The normalized spacial score (nSPS) is 21.1. The lowest BCUT2D eigenvalue weighted by Gasteiger charge is -2.41. The molecule has 0 spiro atoms. The van der Waals surface area contributed by atoms with Crippen molar-refractivity contribution in [1.82, 2.24) is 39.7 Å². The van der Waals surface area contributed by atoms with E-state index in [4.69, 9.17) is 10.8 Å². The molecule has 1 aliphatic heterocycles. The predicted octanol–water partition coefficient (Wildman–Crippen LogP) is 4.43. The van der Waals surface area contributed by atoms with E-state index in [0.717, 1.165) is 70.6 Å². The maximum absolute atomic E-state index is 6.40. The SMILES string of the molecule is CN1CCN([C@H]2CC[C@H](n3nc(-c4ccc(Nc5n[nH]c6ccccc56)cc4)c4c(N)ncnc43)CC2)CC1. The van der Waals surface area contributed by atoms with Crippen LogP contribution in [-0.4, -0.2) is 79.0 Å². The first-order valence-electron chi connectivity index (χ1n) is 13.9. The number of nitrogens with two attached hydrogens (primary N) is 1. The molecule has 2 aromatic carbocycles. The molecule has 2 fully saturated rings. The van der Waals surface area contributed by atoms with Gasteiger partial charge < -0.3 is 16.0 Å². The van der Waals surface area contributed by atoms with Crippen LogP contribution in [0.5, 0.6) is 0 Å². The zero-order valence-electron chi connectivity index (χ0n) is 22.2. The highest BCUT2D eigenvalue weighted by Crippen LogP contribution is 2.37. The predicted molar refractivity (Wildman–Crippen MR) is 155 cm³/mol. The topological polar surface area (TPSA) is 117 Å². The molecule has 0 unspecified atom stereocenters. The van der Waals surface area contributed by atoms with Gasteiger partial charge >= 0.3 is 0 Å². The van der Waals surface area contributed by atoms with E-state index in [1.807, 2.05) is 30.3 Å². The lowest BCUT2D eigenvalue weighted by atomic mass is 9.90. The van der Waals surface area contributed by atoms with E-state index < -0.39 is 0 Å². The molecule has 5 aromatic rings. The van der Waals surface area contributed by atoms with Gasteiger partial charge in [0.25, 0.3) is 0 Å². The summed E-state index contributed by atoms with van der Waals surface area (Å²) in [4.78, 5) is 14.1. The smallest absolute Gasteiger partial charge is 0.164 e. The highest BCUT2D eigenvalue weighted by molar-refractivity contribution is 5.98. The molecule has 39 heavy (non-hydrogen) atoms. The number of anilines is 3. The fourth-order valence-corrected chi connectivity index (χ4v) is 6.21. The molecule has 10 heteroatoms. The van der Waals surface area contributed by atoms with Crippen LogP contribution in [-0.2, 0) is 0 Å². The molecule has 4 N–H and O–H groups in total. The molecule has 0 radical (unpaired) electrons. The van der Waals surface area contributed by atoms with Crippen LogP contribution in [0.4, 0.5) is 17.3 Å². The summed E-state index contributed by atoms with van der Waals surface area (Å²) >= 11 is 0. The molecule has 2 aliphatic rings. The Morgan fingerprint density at radius 3 is 2.44 bits per heavy atom. The Hall–Kier alpha value is -4.02. The molecule has 1 saturated carbocycles. The van der Waals surface area contributed by atoms with Gasteiger partial charge in [0, 0.05) is 48.9 Å². The van der Waals surface area contributed by atoms with Crippen molar-refractivity contribution >= 4 is 39.3 Å². The Bertz CT molecular complexity index is 1590. The van der Waals surface area contributed by atoms with Crippen molar-refractivity contribution < 1.29 is 0 Å². The summed E-state index contributed by atoms with van der Waals surface area (Å²) in [6.07, 6.45) is 6.12. The lowest BCUT2D eigenvalue weighted by Crippen LogP contribution is -2.49. The number of hydrogen-bond acceptors (Lipinski definition) is 8. The maximum Gasteiger partial charge on any atom is 0.164 e. The average Bonchev–Trinajstić information content (AvgIpc) is 3.57. The lowest BCUT2D eigenvalue weighted by molar-refractivity contribution is 0.0815. The van der Waals surface area contributed by atoms with E-state index in [9.17, 15) is 0 Å². The van der Waals surface area contributed by atoms with Crippen LogP contribution in [0.1, 0.15) is 31.7 Å². The molecule has 200 valence electrons. The highest BCUT2D eigenvalue weighted by atomic mass is 15.3. The van der Waals surface area contributed by atoms with E-state index in [-0.39, 0.29) is 0 Å². The number of hydrogen-bond donors (Lipinski definition) is 3. The number of para-hydroxylation sites is 1. The molecule has 0 atom stereocenters. The Kier molecular flexibility index (Phi) is 6.13. The molecule has 10 nitrogen and oxygen atoms in total. The minimum absolute atomic E-state index is 0.313. The van der Waals surface area contributed by atoms with Gasteiger partial charge in [-0.3, -0.25) is 10.00 Å². The van der Waals surface area contributed by atoms with Crippen LogP contribution < -0.4 is 11.1 Å². The number of benzene rings is 2. The van der Waals surface area contributed by atoms with E-state index >= 15 is 0 Å². The first-order chi connectivity index (χ1) is 19.1. The minimum atomic E-state index is 0.313. The van der Waals surface area contributed by atoms with Gasteiger partial charge in [-0.25, -0.2) is 14.6 Å². The maximum atomic E-state index is 6.40. The Balaban J connectivity index is 1.13. The van der Waals surface area contributed by atoms with Crippen LogP contribution in [0.3, 0.4) is 0 Å². The fourth-order valence-electron chi connectivity index (χ4n) is 6.21. The minimum Gasteiger partial charge on any atom is -0.383 e. The summed E-state index contributed by atoms with van der Waals surface area (Å²) in [6.45, 7) is 4.67. The second kappa shape index (κ2) is 9.94. The first kappa shape index (κ1) is 24.1.